The van der Waals surface area contributed by atoms with Gasteiger partial charge < -0.3 is 20.1 Å². The van der Waals surface area contributed by atoms with Crippen LogP contribution in [0.5, 0.6) is 0 Å². The number of amides is 1. The van der Waals surface area contributed by atoms with E-state index in [1.165, 1.54) is 0 Å². The SMILES string of the molecule is CC/C=C\C/C=C\C/C=C\C/C=C\C/C=C\CCCCCC(=O)OCC(O)COP(=O)(O)OCCNC(=O)CC. The van der Waals surface area contributed by atoms with Gasteiger partial charge in [-0.3, -0.25) is 18.6 Å². The largest absolute Gasteiger partial charge is 0.472 e. The number of hydrogen-bond donors (Lipinski definition) is 3. The highest BCUT2D eigenvalue weighted by molar-refractivity contribution is 7.47. The Morgan fingerprint density at radius 1 is 0.800 bits per heavy atom. The molecule has 0 aromatic rings. The number of allylic oxidation sites excluding steroid dienone is 10. The molecule has 0 heterocycles. The first kappa shape index (κ1) is 37.7. The van der Waals surface area contributed by atoms with Crippen LogP contribution in [-0.4, -0.2) is 54.3 Å². The zero-order chi connectivity index (χ0) is 29.7. The number of ether oxygens (including phenoxy) is 1. The molecule has 0 spiro atoms. The molecule has 0 radical (unpaired) electrons. The third kappa shape index (κ3) is 27.3. The number of aliphatic hydroxyl groups excluding tert-OH is 1. The van der Waals surface area contributed by atoms with Crippen LogP contribution in [0, 0.1) is 0 Å². The van der Waals surface area contributed by atoms with E-state index >= 15 is 0 Å². The molecule has 2 atom stereocenters. The zero-order valence-corrected chi connectivity index (χ0v) is 25.1. The lowest BCUT2D eigenvalue weighted by Gasteiger charge is -2.15. The van der Waals surface area contributed by atoms with Gasteiger partial charge in [0.2, 0.25) is 5.91 Å². The smallest absolute Gasteiger partial charge is 0.463 e. The minimum absolute atomic E-state index is 0.0586. The second-order valence-corrected chi connectivity index (χ2v) is 10.4. The number of phosphoric ester groups is 1. The topological polar surface area (TPSA) is 131 Å². The number of rotatable bonds is 25. The Balaban J connectivity index is 3.70. The van der Waals surface area contributed by atoms with Gasteiger partial charge in [-0.1, -0.05) is 81.0 Å². The Morgan fingerprint density at radius 2 is 1.38 bits per heavy atom. The molecule has 228 valence electrons. The maximum atomic E-state index is 11.8. The van der Waals surface area contributed by atoms with E-state index in [0.717, 1.165) is 51.4 Å². The Hall–Kier alpha value is -2.29. The Kier molecular flexibility index (Phi) is 25.4. The van der Waals surface area contributed by atoms with Crippen molar-refractivity contribution in [2.24, 2.45) is 0 Å². The predicted molar refractivity (Wildman–Crippen MR) is 160 cm³/mol. The molecule has 0 aliphatic carbocycles. The van der Waals surface area contributed by atoms with Crippen LogP contribution in [0.1, 0.15) is 84.5 Å². The van der Waals surface area contributed by atoms with Gasteiger partial charge in [-0.15, -0.1) is 0 Å². The summed E-state index contributed by atoms with van der Waals surface area (Å²) >= 11 is 0. The number of hydrogen-bond acceptors (Lipinski definition) is 7. The van der Waals surface area contributed by atoms with Crippen LogP contribution in [-0.2, 0) is 27.9 Å². The van der Waals surface area contributed by atoms with E-state index in [0.29, 0.717) is 12.8 Å². The summed E-state index contributed by atoms with van der Waals surface area (Å²) in [6, 6.07) is 0. The number of unbranched alkanes of at least 4 members (excludes halogenated alkanes) is 3. The second-order valence-electron chi connectivity index (χ2n) is 8.95. The summed E-state index contributed by atoms with van der Waals surface area (Å²) in [5, 5.41) is 12.3. The Bertz CT molecular complexity index is 851. The fourth-order valence-electron chi connectivity index (χ4n) is 3.08. The molecular weight excluding hydrogens is 533 g/mol. The van der Waals surface area contributed by atoms with Gasteiger partial charge in [-0.25, -0.2) is 4.57 Å². The lowest BCUT2D eigenvalue weighted by atomic mass is 10.1. The van der Waals surface area contributed by atoms with Crippen LogP contribution in [0.2, 0.25) is 0 Å². The molecule has 9 nitrogen and oxygen atoms in total. The van der Waals surface area contributed by atoms with Crippen molar-refractivity contribution < 1.29 is 37.9 Å². The number of carbonyl (C=O) groups is 2. The number of carbonyl (C=O) groups excluding carboxylic acids is 2. The average Bonchev–Trinajstić information content (AvgIpc) is 2.94. The molecule has 0 aliphatic heterocycles. The molecule has 0 bridgehead atoms. The van der Waals surface area contributed by atoms with Gasteiger partial charge in [0.15, 0.2) is 0 Å². The second kappa shape index (κ2) is 26.9. The molecule has 0 fully saturated rings. The Labute approximate surface area is 240 Å². The van der Waals surface area contributed by atoms with E-state index < -0.39 is 26.5 Å². The first-order valence-electron chi connectivity index (χ1n) is 14.3. The van der Waals surface area contributed by atoms with Gasteiger partial charge in [0, 0.05) is 19.4 Å². The van der Waals surface area contributed by atoms with Gasteiger partial charge in [0.25, 0.3) is 0 Å². The molecule has 10 heteroatoms. The molecule has 3 N–H and O–H groups in total. The van der Waals surface area contributed by atoms with E-state index in [-0.39, 0.29) is 32.1 Å². The Morgan fingerprint density at radius 3 is 1.95 bits per heavy atom. The van der Waals surface area contributed by atoms with Gasteiger partial charge >= 0.3 is 13.8 Å². The van der Waals surface area contributed by atoms with Crippen LogP contribution in [0.25, 0.3) is 0 Å². The molecule has 0 saturated heterocycles. The lowest BCUT2D eigenvalue weighted by molar-refractivity contribution is -0.147. The highest BCUT2D eigenvalue weighted by Gasteiger charge is 2.23. The third-order valence-electron chi connectivity index (χ3n) is 5.28. The van der Waals surface area contributed by atoms with E-state index in [1.54, 1.807) is 6.92 Å². The van der Waals surface area contributed by atoms with E-state index in [2.05, 4.69) is 77.5 Å². The molecular formula is C30H50NO8P. The van der Waals surface area contributed by atoms with Crippen LogP contribution in [0.15, 0.2) is 60.8 Å². The maximum absolute atomic E-state index is 11.8. The first-order valence-corrected chi connectivity index (χ1v) is 15.8. The highest BCUT2D eigenvalue weighted by Crippen LogP contribution is 2.42. The van der Waals surface area contributed by atoms with Crippen LogP contribution >= 0.6 is 7.82 Å². The van der Waals surface area contributed by atoms with Crippen molar-refractivity contribution in [3.05, 3.63) is 60.8 Å². The van der Waals surface area contributed by atoms with Gasteiger partial charge in [-0.2, -0.15) is 0 Å². The zero-order valence-electron chi connectivity index (χ0n) is 24.2. The summed E-state index contributed by atoms with van der Waals surface area (Å²) in [6.45, 7) is 2.78. The van der Waals surface area contributed by atoms with Crippen molar-refractivity contribution in [2.45, 2.75) is 90.6 Å². The summed E-state index contributed by atoms with van der Waals surface area (Å²) in [5.74, 6) is -0.649. The van der Waals surface area contributed by atoms with Crippen LogP contribution in [0.3, 0.4) is 0 Å². The maximum Gasteiger partial charge on any atom is 0.472 e. The predicted octanol–water partition coefficient (Wildman–Crippen LogP) is 6.25. The molecule has 0 aliphatic rings. The third-order valence-corrected chi connectivity index (χ3v) is 6.26. The lowest BCUT2D eigenvalue weighted by Crippen LogP contribution is -2.26. The molecule has 1 amide bonds. The molecule has 0 aromatic heterocycles. The summed E-state index contributed by atoms with van der Waals surface area (Å²) in [6.07, 6.45) is 29.4. The summed E-state index contributed by atoms with van der Waals surface area (Å²) in [5.41, 5.74) is 0. The minimum atomic E-state index is -4.38. The van der Waals surface area contributed by atoms with E-state index in [4.69, 9.17) is 9.26 Å². The molecule has 0 aromatic carbocycles. The molecule has 0 saturated carbocycles. The summed E-state index contributed by atoms with van der Waals surface area (Å²) < 4.78 is 26.1. The van der Waals surface area contributed by atoms with Crippen molar-refractivity contribution in [3.63, 3.8) is 0 Å². The van der Waals surface area contributed by atoms with Crippen molar-refractivity contribution in [1.82, 2.24) is 5.32 Å². The number of esters is 1. The number of nitrogens with one attached hydrogen (secondary N) is 1. The summed E-state index contributed by atoms with van der Waals surface area (Å²) in [4.78, 5) is 32.5. The highest BCUT2D eigenvalue weighted by atomic mass is 31.2. The number of aliphatic hydroxyl groups is 1. The van der Waals surface area contributed by atoms with Gasteiger partial charge in [-0.05, 0) is 51.4 Å². The van der Waals surface area contributed by atoms with Crippen molar-refractivity contribution in [3.8, 4) is 0 Å². The monoisotopic (exact) mass is 583 g/mol. The van der Waals surface area contributed by atoms with E-state index in [9.17, 15) is 24.2 Å². The summed E-state index contributed by atoms with van der Waals surface area (Å²) in [7, 11) is -4.38. The van der Waals surface area contributed by atoms with E-state index in [1.807, 2.05) is 0 Å². The molecule has 0 rings (SSSR count). The van der Waals surface area contributed by atoms with Crippen molar-refractivity contribution >= 4 is 19.7 Å². The van der Waals surface area contributed by atoms with Gasteiger partial charge in [0.05, 0.1) is 13.2 Å². The first-order chi connectivity index (χ1) is 19.3. The molecule has 40 heavy (non-hydrogen) atoms. The fraction of sp³-hybridized carbons (Fsp3) is 0.600. The van der Waals surface area contributed by atoms with Crippen molar-refractivity contribution in [2.75, 3.05) is 26.4 Å². The quantitative estimate of drug-likeness (QED) is 0.0497. The minimum Gasteiger partial charge on any atom is -0.463 e. The average molecular weight is 584 g/mol. The van der Waals surface area contributed by atoms with Crippen LogP contribution in [0.4, 0.5) is 0 Å². The molecule has 2 unspecified atom stereocenters. The van der Waals surface area contributed by atoms with Gasteiger partial charge in [0.1, 0.15) is 12.7 Å². The van der Waals surface area contributed by atoms with Crippen molar-refractivity contribution in [1.29, 1.82) is 0 Å². The number of phosphoric acid groups is 1. The van der Waals surface area contributed by atoms with Crippen LogP contribution < -0.4 is 5.32 Å². The fourth-order valence-corrected chi connectivity index (χ4v) is 3.84. The normalized spacial score (nSPS) is 14.6. The standard InChI is InChI=1S/C30H50NO8P/c1-3-5-6-7-8-9-10-11-12-13-14-15-16-17-18-19-20-21-22-23-30(34)37-26-28(32)27-39-40(35,36)38-25-24-31-29(33)4-2/h5-6,8-9,11-12,14-15,17-18,28,32H,3-4,7,10,13,16,19-27H2,1-2H3,(H,31,33)(H,35,36)/b6-5-,9-8-,12-11-,15-14-,18-17-.